The van der Waals surface area contributed by atoms with Gasteiger partial charge in [-0.25, -0.2) is 4.79 Å². The van der Waals surface area contributed by atoms with Crippen LogP contribution >= 0.6 is 0 Å². The van der Waals surface area contributed by atoms with Crippen molar-refractivity contribution in [3.05, 3.63) is 24.3 Å². The van der Waals surface area contributed by atoms with Gasteiger partial charge in [-0.3, -0.25) is 19.8 Å². The molecule has 0 spiro atoms. The van der Waals surface area contributed by atoms with E-state index in [1.54, 1.807) is 36.3 Å². The highest BCUT2D eigenvalue weighted by molar-refractivity contribution is 5.97. The van der Waals surface area contributed by atoms with E-state index in [0.717, 1.165) is 19.3 Å². The van der Waals surface area contributed by atoms with E-state index < -0.39 is 11.9 Å². The average Bonchev–Trinajstić information content (AvgIpc) is 3.30. The van der Waals surface area contributed by atoms with Crippen LogP contribution in [0.5, 0.6) is 5.75 Å². The van der Waals surface area contributed by atoms with Crippen molar-refractivity contribution in [3.8, 4) is 5.75 Å². The van der Waals surface area contributed by atoms with Crippen molar-refractivity contribution in [2.24, 2.45) is 0 Å². The van der Waals surface area contributed by atoms with E-state index >= 15 is 0 Å². The van der Waals surface area contributed by atoms with Gasteiger partial charge >= 0.3 is 6.03 Å². The Kier molecular flexibility index (Phi) is 5.72. The third-order valence-electron chi connectivity index (χ3n) is 4.54. The Balaban J connectivity index is 1.50. The minimum absolute atomic E-state index is 0.0266. The van der Waals surface area contributed by atoms with Crippen LogP contribution < -0.4 is 20.7 Å². The van der Waals surface area contributed by atoms with Crippen molar-refractivity contribution in [2.45, 2.75) is 37.8 Å². The topological polar surface area (TPSA) is 99.8 Å². The molecule has 1 saturated heterocycles. The van der Waals surface area contributed by atoms with E-state index in [2.05, 4.69) is 16.0 Å². The quantitative estimate of drug-likeness (QED) is 0.705. The molecule has 2 aliphatic rings. The highest BCUT2D eigenvalue weighted by Crippen LogP contribution is 2.20. The van der Waals surface area contributed by atoms with Crippen LogP contribution in [0.3, 0.4) is 0 Å². The molecule has 0 radical (unpaired) electrons. The van der Waals surface area contributed by atoms with Gasteiger partial charge in [0.05, 0.1) is 19.7 Å². The van der Waals surface area contributed by atoms with Gasteiger partial charge in [0.2, 0.25) is 11.8 Å². The minimum atomic E-state index is -0.462. The number of anilines is 1. The number of benzene rings is 1. The zero-order valence-electron chi connectivity index (χ0n) is 14.8. The molecule has 8 heteroatoms. The van der Waals surface area contributed by atoms with Crippen LogP contribution in [0.4, 0.5) is 10.5 Å². The number of nitrogens with one attached hydrogen (secondary N) is 3. The number of ether oxygens (including phenoxy) is 1. The van der Waals surface area contributed by atoms with Gasteiger partial charge < -0.3 is 15.4 Å². The van der Waals surface area contributed by atoms with Gasteiger partial charge in [-0.2, -0.15) is 0 Å². The zero-order chi connectivity index (χ0) is 18.5. The highest BCUT2D eigenvalue weighted by Gasteiger charge is 2.32. The average molecular weight is 360 g/mol. The molecule has 1 saturated carbocycles. The lowest BCUT2D eigenvalue weighted by molar-refractivity contribution is -0.124. The maximum Gasteiger partial charge on any atom is 0.321 e. The fourth-order valence-corrected chi connectivity index (χ4v) is 3.01. The van der Waals surface area contributed by atoms with Crippen LogP contribution in [0.1, 0.15) is 25.7 Å². The maximum absolute atomic E-state index is 12.5. The number of nitrogens with zero attached hydrogens (tertiary/aromatic N) is 1. The molecule has 26 heavy (non-hydrogen) atoms. The number of carbonyl (C=O) groups excluding carboxylic acids is 3. The molecular weight excluding hydrogens is 336 g/mol. The molecule has 3 N–H and O–H groups in total. The molecule has 4 amide bonds. The van der Waals surface area contributed by atoms with Gasteiger partial charge in [0.15, 0.2) is 0 Å². The summed E-state index contributed by atoms with van der Waals surface area (Å²) in [6.07, 6.45) is 3.44. The Morgan fingerprint density at radius 1 is 1.15 bits per heavy atom. The molecule has 0 aromatic heterocycles. The van der Waals surface area contributed by atoms with Gasteiger partial charge in [0.25, 0.3) is 0 Å². The van der Waals surface area contributed by atoms with E-state index in [0.29, 0.717) is 24.4 Å². The summed E-state index contributed by atoms with van der Waals surface area (Å²) in [4.78, 5) is 38.0. The summed E-state index contributed by atoms with van der Waals surface area (Å²) < 4.78 is 5.10. The molecule has 1 aromatic rings. The van der Waals surface area contributed by atoms with Crippen molar-refractivity contribution in [2.75, 3.05) is 25.5 Å². The van der Waals surface area contributed by atoms with E-state index in [-0.39, 0.29) is 24.5 Å². The second-order valence-electron chi connectivity index (χ2n) is 6.64. The van der Waals surface area contributed by atoms with E-state index in [9.17, 15) is 14.4 Å². The predicted molar refractivity (Wildman–Crippen MR) is 95.9 cm³/mol. The molecule has 140 valence electrons. The van der Waals surface area contributed by atoms with Crippen molar-refractivity contribution in [1.82, 2.24) is 15.5 Å². The molecule has 8 nitrogen and oxygen atoms in total. The smallest absolute Gasteiger partial charge is 0.321 e. The largest absolute Gasteiger partial charge is 0.497 e. The first-order chi connectivity index (χ1) is 12.5. The van der Waals surface area contributed by atoms with Crippen molar-refractivity contribution in [1.29, 1.82) is 0 Å². The van der Waals surface area contributed by atoms with Crippen LogP contribution in [-0.4, -0.2) is 55.0 Å². The highest BCUT2D eigenvalue weighted by atomic mass is 16.5. The second-order valence-corrected chi connectivity index (χ2v) is 6.64. The van der Waals surface area contributed by atoms with Gasteiger partial charge in [-0.15, -0.1) is 0 Å². The molecule has 0 bridgehead atoms. The van der Waals surface area contributed by atoms with Gasteiger partial charge in [0, 0.05) is 11.7 Å². The molecule has 1 aliphatic heterocycles. The maximum atomic E-state index is 12.5. The first-order valence-corrected chi connectivity index (χ1v) is 8.84. The van der Waals surface area contributed by atoms with Crippen LogP contribution in [0.2, 0.25) is 0 Å². The lowest BCUT2D eigenvalue weighted by Crippen LogP contribution is -2.48. The third-order valence-corrected chi connectivity index (χ3v) is 4.54. The van der Waals surface area contributed by atoms with E-state index in [4.69, 9.17) is 4.74 Å². The Labute approximate surface area is 152 Å². The van der Waals surface area contributed by atoms with Crippen LogP contribution in [-0.2, 0) is 9.59 Å². The van der Waals surface area contributed by atoms with Crippen LogP contribution in [0, 0.1) is 0 Å². The fourth-order valence-electron chi connectivity index (χ4n) is 3.01. The molecule has 1 atom stereocenters. The van der Waals surface area contributed by atoms with Gasteiger partial charge in [-0.05, 0) is 56.5 Å². The molecule has 2 fully saturated rings. The fraction of sp³-hybridized carbons (Fsp3) is 0.500. The molecular formula is C18H24N4O4. The Morgan fingerprint density at radius 3 is 2.54 bits per heavy atom. The first-order valence-electron chi connectivity index (χ1n) is 8.84. The normalized spacial score (nSPS) is 19.7. The summed E-state index contributed by atoms with van der Waals surface area (Å²) in [6, 6.07) is 6.43. The first kappa shape index (κ1) is 18.2. The summed E-state index contributed by atoms with van der Waals surface area (Å²) in [7, 11) is 1.58. The number of hydrogen-bond acceptors (Lipinski definition) is 5. The molecule has 1 unspecified atom stereocenters. The number of likely N-dealkylation sites (tertiary alicyclic amines) is 1. The SMILES string of the molecule is COc1ccc(NC(=O)C2CCCN2CC(=O)NC(=O)NC2CC2)cc1. The summed E-state index contributed by atoms with van der Waals surface area (Å²) in [5.41, 5.74) is 0.677. The number of imide groups is 1. The number of carbonyl (C=O) groups is 3. The number of urea groups is 1. The number of rotatable bonds is 6. The van der Waals surface area contributed by atoms with Gasteiger partial charge in [-0.1, -0.05) is 0 Å². The van der Waals surface area contributed by atoms with Gasteiger partial charge in [0.1, 0.15) is 5.75 Å². The standard InChI is InChI=1S/C18H24N4O4/c1-26-14-8-6-12(7-9-14)19-17(24)15-3-2-10-22(15)11-16(23)21-18(25)20-13-4-5-13/h6-9,13,15H,2-5,10-11H2,1H3,(H,19,24)(H2,20,21,23,25). The monoisotopic (exact) mass is 360 g/mol. The zero-order valence-corrected chi connectivity index (χ0v) is 14.8. The van der Waals surface area contributed by atoms with Crippen molar-refractivity contribution < 1.29 is 19.1 Å². The number of hydrogen-bond donors (Lipinski definition) is 3. The molecule has 3 rings (SSSR count). The predicted octanol–water partition coefficient (Wildman–Crippen LogP) is 1.09. The van der Waals surface area contributed by atoms with Crippen LogP contribution in [0.15, 0.2) is 24.3 Å². The lowest BCUT2D eigenvalue weighted by Gasteiger charge is -2.23. The van der Waals surface area contributed by atoms with Crippen molar-refractivity contribution >= 4 is 23.5 Å². The summed E-state index contributed by atoms with van der Waals surface area (Å²) in [5.74, 6) is 0.168. The summed E-state index contributed by atoms with van der Waals surface area (Å²) in [6.45, 7) is 0.678. The number of amides is 4. The third kappa shape index (κ3) is 4.95. The van der Waals surface area contributed by atoms with E-state index in [1.165, 1.54) is 0 Å². The Bertz CT molecular complexity index is 672. The summed E-state index contributed by atoms with van der Waals surface area (Å²) >= 11 is 0. The minimum Gasteiger partial charge on any atom is -0.497 e. The van der Waals surface area contributed by atoms with E-state index in [1.807, 2.05) is 0 Å². The lowest BCUT2D eigenvalue weighted by atomic mass is 10.2. The Hall–Kier alpha value is -2.61. The Morgan fingerprint density at radius 2 is 1.88 bits per heavy atom. The summed E-state index contributed by atoms with van der Waals surface area (Å²) in [5, 5.41) is 7.90. The molecule has 1 aromatic carbocycles. The second kappa shape index (κ2) is 8.18. The van der Waals surface area contributed by atoms with Crippen LogP contribution in [0.25, 0.3) is 0 Å². The molecule has 1 heterocycles. The number of methoxy groups -OCH3 is 1. The molecule has 1 aliphatic carbocycles. The van der Waals surface area contributed by atoms with Crippen molar-refractivity contribution in [3.63, 3.8) is 0 Å².